The summed E-state index contributed by atoms with van der Waals surface area (Å²) in [6.45, 7) is 1.38. The molecule has 0 atom stereocenters. The Balaban J connectivity index is 1.39. The Morgan fingerprint density at radius 2 is 2.00 bits per heavy atom. The number of carbonyl (C=O) groups excluding carboxylic acids is 1. The van der Waals surface area contributed by atoms with Crippen LogP contribution in [0.2, 0.25) is 5.02 Å². The van der Waals surface area contributed by atoms with E-state index in [1.54, 1.807) is 0 Å². The van der Waals surface area contributed by atoms with Crippen LogP contribution in [0.15, 0.2) is 36.4 Å². The van der Waals surface area contributed by atoms with E-state index in [1.165, 1.54) is 11.3 Å². The van der Waals surface area contributed by atoms with Crippen LogP contribution in [0, 0.1) is 0 Å². The van der Waals surface area contributed by atoms with Crippen molar-refractivity contribution in [2.24, 2.45) is 7.05 Å². The topological polar surface area (TPSA) is 81.1 Å². The van der Waals surface area contributed by atoms with Gasteiger partial charge in [0.25, 0.3) is 5.91 Å². The van der Waals surface area contributed by atoms with Crippen molar-refractivity contribution in [1.82, 2.24) is 19.9 Å². The monoisotopic (exact) mass is 441 g/mol. The third kappa shape index (κ3) is 3.74. The number of hydrogen-bond donors (Lipinski definition) is 2. The molecule has 5 rings (SSSR count). The van der Waals surface area contributed by atoms with Gasteiger partial charge in [0, 0.05) is 36.9 Å². The van der Waals surface area contributed by atoms with Crippen LogP contribution < -0.4 is 10.6 Å². The molecule has 2 aromatic heterocycles. The SMILES string of the molecule is Cn1c(Nc2nc3ccc(Cl)cc3s2)nc2cc(C(=O)NC3CCOCC3)ccc21. The number of anilines is 2. The maximum Gasteiger partial charge on any atom is 0.251 e. The van der Waals surface area contributed by atoms with Gasteiger partial charge in [-0.3, -0.25) is 4.79 Å². The van der Waals surface area contributed by atoms with Crippen LogP contribution in [0.4, 0.5) is 11.1 Å². The molecule has 9 heteroatoms. The highest BCUT2D eigenvalue weighted by molar-refractivity contribution is 7.22. The van der Waals surface area contributed by atoms with Gasteiger partial charge in [0.15, 0.2) is 5.13 Å². The normalized spacial score (nSPS) is 15.0. The highest BCUT2D eigenvalue weighted by atomic mass is 35.5. The van der Waals surface area contributed by atoms with Gasteiger partial charge in [0.2, 0.25) is 5.95 Å². The number of thiazole rings is 1. The predicted octanol–water partition coefficient (Wildman–Crippen LogP) is 4.49. The lowest BCUT2D eigenvalue weighted by Gasteiger charge is -2.23. The molecule has 1 aliphatic rings. The van der Waals surface area contributed by atoms with Gasteiger partial charge in [-0.05, 0) is 49.2 Å². The summed E-state index contributed by atoms with van der Waals surface area (Å²) in [4.78, 5) is 21.9. The second-order valence-corrected chi connectivity index (χ2v) is 8.78. The van der Waals surface area contributed by atoms with Gasteiger partial charge in [-0.25, -0.2) is 9.97 Å². The summed E-state index contributed by atoms with van der Waals surface area (Å²) in [6.07, 6.45) is 1.69. The standard InChI is InChI=1S/C21H20ClN5O2S/c1-27-17-5-2-12(19(28)23-14-6-8-29-9-7-14)10-16(17)24-20(27)26-21-25-15-4-3-13(22)11-18(15)30-21/h2-5,10-11,14H,6-9H2,1H3,(H,23,28)(H,24,25,26). The van der Waals surface area contributed by atoms with Crippen molar-refractivity contribution in [3.05, 3.63) is 47.0 Å². The van der Waals surface area contributed by atoms with Crippen molar-refractivity contribution < 1.29 is 9.53 Å². The number of nitrogens with one attached hydrogen (secondary N) is 2. The maximum atomic E-state index is 12.6. The Labute approximate surface area is 182 Å². The Kier molecular flexibility index (Phi) is 5.06. The number of aryl methyl sites for hydroxylation is 1. The number of nitrogens with zero attached hydrogens (tertiary/aromatic N) is 3. The quantitative estimate of drug-likeness (QED) is 0.487. The first-order valence-electron chi connectivity index (χ1n) is 9.75. The van der Waals surface area contributed by atoms with Crippen LogP contribution in [-0.2, 0) is 11.8 Å². The summed E-state index contributed by atoms with van der Waals surface area (Å²) >= 11 is 7.59. The van der Waals surface area contributed by atoms with Gasteiger partial charge in [-0.15, -0.1) is 0 Å². The van der Waals surface area contributed by atoms with Gasteiger partial charge in [-0.2, -0.15) is 0 Å². The Bertz CT molecular complexity index is 1250. The Hall–Kier alpha value is -2.68. The maximum absolute atomic E-state index is 12.6. The molecular formula is C21H20ClN5O2S. The highest BCUT2D eigenvalue weighted by Gasteiger charge is 2.18. The van der Waals surface area contributed by atoms with Crippen LogP contribution in [0.5, 0.6) is 0 Å². The van der Waals surface area contributed by atoms with Crippen LogP contribution in [0.1, 0.15) is 23.2 Å². The fourth-order valence-corrected chi connectivity index (χ4v) is 4.75. The predicted molar refractivity (Wildman–Crippen MR) is 120 cm³/mol. The summed E-state index contributed by atoms with van der Waals surface area (Å²) in [7, 11) is 1.93. The van der Waals surface area contributed by atoms with Crippen LogP contribution in [0.25, 0.3) is 21.3 Å². The molecule has 154 valence electrons. The third-order valence-electron chi connectivity index (χ3n) is 5.27. The van der Waals surface area contributed by atoms with Gasteiger partial charge < -0.3 is 19.9 Å². The zero-order chi connectivity index (χ0) is 20.7. The molecule has 1 aliphatic heterocycles. The van der Waals surface area contributed by atoms with E-state index in [4.69, 9.17) is 16.3 Å². The van der Waals surface area contributed by atoms with Crippen LogP contribution >= 0.6 is 22.9 Å². The van der Waals surface area contributed by atoms with Crippen molar-refractivity contribution in [3.63, 3.8) is 0 Å². The van der Waals surface area contributed by atoms with E-state index in [9.17, 15) is 4.79 Å². The van der Waals surface area contributed by atoms with Gasteiger partial charge >= 0.3 is 0 Å². The number of fused-ring (bicyclic) bond motifs is 2. The number of hydrogen-bond acceptors (Lipinski definition) is 6. The summed E-state index contributed by atoms with van der Waals surface area (Å²) in [5.74, 6) is 0.587. The highest BCUT2D eigenvalue weighted by Crippen LogP contribution is 2.31. The summed E-state index contributed by atoms with van der Waals surface area (Å²) in [5.41, 5.74) is 3.18. The Morgan fingerprint density at radius 1 is 1.17 bits per heavy atom. The number of halogens is 1. The Morgan fingerprint density at radius 3 is 2.83 bits per heavy atom. The van der Waals surface area contributed by atoms with E-state index < -0.39 is 0 Å². The van der Waals surface area contributed by atoms with E-state index in [1.807, 2.05) is 48.0 Å². The van der Waals surface area contributed by atoms with E-state index in [0.29, 0.717) is 29.7 Å². The molecule has 1 fully saturated rings. The first-order valence-corrected chi connectivity index (χ1v) is 10.9. The van der Waals surface area contributed by atoms with Crippen molar-refractivity contribution >= 4 is 61.2 Å². The fraction of sp³-hybridized carbons (Fsp3) is 0.286. The molecule has 0 radical (unpaired) electrons. The number of imidazole rings is 1. The van der Waals surface area contributed by atoms with Crippen molar-refractivity contribution in [2.75, 3.05) is 18.5 Å². The molecule has 0 bridgehead atoms. The zero-order valence-electron chi connectivity index (χ0n) is 16.3. The lowest BCUT2D eigenvalue weighted by atomic mass is 10.1. The summed E-state index contributed by atoms with van der Waals surface area (Å²) in [6, 6.07) is 11.4. The second kappa shape index (κ2) is 7.86. The van der Waals surface area contributed by atoms with Crippen LogP contribution in [-0.4, -0.2) is 39.7 Å². The second-order valence-electron chi connectivity index (χ2n) is 7.31. The molecule has 2 aromatic carbocycles. The number of rotatable bonds is 4. The van der Waals surface area contributed by atoms with Gasteiger partial charge in [0.05, 0.1) is 21.3 Å². The number of benzene rings is 2. The number of aromatic nitrogens is 3. The van der Waals surface area contributed by atoms with Crippen molar-refractivity contribution in [2.45, 2.75) is 18.9 Å². The molecule has 1 saturated heterocycles. The number of amides is 1. The number of carbonyl (C=O) groups is 1. The largest absolute Gasteiger partial charge is 0.381 e. The molecule has 3 heterocycles. The van der Waals surface area contributed by atoms with E-state index in [2.05, 4.69) is 20.6 Å². The molecule has 0 spiro atoms. The average Bonchev–Trinajstić information content (AvgIpc) is 3.28. The molecule has 1 amide bonds. The molecule has 0 saturated carbocycles. The minimum Gasteiger partial charge on any atom is -0.381 e. The molecule has 4 aromatic rings. The lowest BCUT2D eigenvalue weighted by Crippen LogP contribution is -2.38. The van der Waals surface area contributed by atoms with Gasteiger partial charge in [-0.1, -0.05) is 22.9 Å². The van der Waals surface area contributed by atoms with Gasteiger partial charge in [0.1, 0.15) is 0 Å². The first-order chi connectivity index (χ1) is 14.6. The smallest absolute Gasteiger partial charge is 0.251 e. The minimum absolute atomic E-state index is 0.0768. The minimum atomic E-state index is -0.0768. The summed E-state index contributed by atoms with van der Waals surface area (Å²) < 4.78 is 8.32. The molecule has 30 heavy (non-hydrogen) atoms. The molecule has 2 N–H and O–H groups in total. The molecular weight excluding hydrogens is 422 g/mol. The average molecular weight is 442 g/mol. The number of ether oxygens (including phenoxy) is 1. The molecule has 0 aliphatic carbocycles. The van der Waals surface area contributed by atoms with Crippen LogP contribution in [0.3, 0.4) is 0 Å². The van der Waals surface area contributed by atoms with E-state index >= 15 is 0 Å². The van der Waals surface area contributed by atoms with E-state index in [-0.39, 0.29) is 11.9 Å². The molecule has 0 unspecified atom stereocenters. The third-order valence-corrected chi connectivity index (χ3v) is 6.44. The zero-order valence-corrected chi connectivity index (χ0v) is 17.9. The molecule has 7 nitrogen and oxygen atoms in total. The van der Waals surface area contributed by atoms with E-state index in [0.717, 1.165) is 39.2 Å². The first kappa shape index (κ1) is 19.3. The lowest BCUT2D eigenvalue weighted by molar-refractivity contribution is 0.0696. The van der Waals surface area contributed by atoms with Crippen molar-refractivity contribution in [3.8, 4) is 0 Å². The summed E-state index contributed by atoms with van der Waals surface area (Å²) in [5, 5.41) is 7.80. The fourth-order valence-electron chi connectivity index (χ4n) is 3.61. The van der Waals surface area contributed by atoms with Crippen molar-refractivity contribution in [1.29, 1.82) is 0 Å².